The van der Waals surface area contributed by atoms with Gasteiger partial charge < -0.3 is 19.5 Å². The highest BCUT2D eigenvalue weighted by Gasteiger charge is 2.25. The summed E-state index contributed by atoms with van der Waals surface area (Å²) in [6.45, 7) is 4.88. The van der Waals surface area contributed by atoms with Crippen molar-refractivity contribution in [2.24, 2.45) is 5.92 Å². The minimum absolute atomic E-state index is 0.204. The minimum Gasteiger partial charge on any atom is -0.468 e. The average Bonchev–Trinajstić information content (AvgIpc) is 2.95. The van der Waals surface area contributed by atoms with Crippen LogP contribution in [0.5, 0.6) is 11.5 Å². The molecule has 1 aliphatic rings. The molecular weight excluding hydrogens is 338 g/mol. The van der Waals surface area contributed by atoms with Crippen LogP contribution in [0.3, 0.4) is 0 Å². The second-order valence-electron chi connectivity index (χ2n) is 5.08. The van der Waals surface area contributed by atoms with Crippen molar-refractivity contribution in [1.29, 1.82) is 0 Å². The molecule has 0 fully saturated rings. The van der Waals surface area contributed by atoms with Crippen molar-refractivity contribution in [3.05, 3.63) is 22.2 Å². The predicted octanol–water partition coefficient (Wildman–Crippen LogP) is 2.86. The van der Waals surface area contributed by atoms with Gasteiger partial charge >= 0.3 is 5.97 Å². The van der Waals surface area contributed by atoms with Crippen LogP contribution in [0.2, 0.25) is 0 Å². The molecule has 2 atom stereocenters. The van der Waals surface area contributed by atoms with E-state index in [0.29, 0.717) is 6.54 Å². The molecule has 1 heterocycles. The van der Waals surface area contributed by atoms with Crippen molar-refractivity contribution < 1.29 is 19.0 Å². The number of fused-ring (bicyclic) bond motifs is 1. The second kappa shape index (κ2) is 7.13. The summed E-state index contributed by atoms with van der Waals surface area (Å²) < 4.78 is 16.5. The van der Waals surface area contributed by atoms with Crippen LogP contribution in [0.4, 0.5) is 0 Å². The molecule has 0 radical (unpaired) electrons. The third-order valence-corrected chi connectivity index (χ3v) is 4.27. The molecule has 116 valence electrons. The smallest absolute Gasteiger partial charge is 0.323 e. The number of hydrogen-bond donors (Lipinski definition) is 1. The van der Waals surface area contributed by atoms with Crippen LogP contribution in [0.1, 0.15) is 25.8 Å². The molecule has 1 aromatic carbocycles. The van der Waals surface area contributed by atoms with Gasteiger partial charge in [0.2, 0.25) is 6.79 Å². The Labute approximate surface area is 133 Å². The molecule has 0 aliphatic carbocycles. The fraction of sp³-hybridized carbons (Fsp3) is 0.533. The Bertz CT molecular complexity index is 521. The van der Waals surface area contributed by atoms with E-state index in [1.54, 1.807) is 0 Å². The van der Waals surface area contributed by atoms with Crippen LogP contribution in [0.15, 0.2) is 16.6 Å². The summed E-state index contributed by atoms with van der Waals surface area (Å²) in [7, 11) is 1.41. The van der Waals surface area contributed by atoms with Crippen LogP contribution in [-0.4, -0.2) is 25.9 Å². The Kier molecular flexibility index (Phi) is 5.47. The van der Waals surface area contributed by atoms with Crippen molar-refractivity contribution in [3.8, 4) is 11.5 Å². The maximum absolute atomic E-state index is 11.8. The van der Waals surface area contributed by atoms with Gasteiger partial charge in [-0.05, 0) is 39.5 Å². The summed E-state index contributed by atoms with van der Waals surface area (Å²) in [5, 5.41) is 3.26. The van der Waals surface area contributed by atoms with Crippen LogP contribution in [0.25, 0.3) is 0 Å². The highest BCUT2D eigenvalue weighted by Crippen LogP contribution is 2.39. The number of nitrogens with one attached hydrogen (secondary N) is 1. The average molecular weight is 358 g/mol. The van der Waals surface area contributed by atoms with E-state index < -0.39 is 0 Å². The topological polar surface area (TPSA) is 56.8 Å². The molecule has 2 rings (SSSR count). The van der Waals surface area contributed by atoms with Crippen molar-refractivity contribution in [2.75, 3.05) is 13.9 Å². The number of ether oxygens (including phenoxy) is 3. The van der Waals surface area contributed by atoms with E-state index in [1.165, 1.54) is 7.11 Å². The van der Waals surface area contributed by atoms with E-state index in [4.69, 9.17) is 14.2 Å². The molecule has 0 amide bonds. The monoisotopic (exact) mass is 357 g/mol. The van der Waals surface area contributed by atoms with Gasteiger partial charge in [-0.2, -0.15) is 0 Å². The van der Waals surface area contributed by atoms with Gasteiger partial charge in [0.1, 0.15) is 6.04 Å². The molecule has 0 saturated carbocycles. The lowest BCUT2D eigenvalue weighted by Gasteiger charge is -2.22. The van der Waals surface area contributed by atoms with Crippen LogP contribution >= 0.6 is 15.9 Å². The summed E-state index contributed by atoms with van der Waals surface area (Å²) in [5.74, 6) is 1.42. The van der Waals surface area contributed by atoms with Gasteiger partial charge in [-0.15, -0.1) is 0 Å². The molecule has 1 aromatic rings. The number of hydrogen-bond acceptors (Lipinski definition) is 5. The van der Waals surface area contributed by atoms with Gasteiger partial charge in [-0.3, -0.25) is 4.79 Å². The van der Waals surface area contributed by atoms with Crippen LogP contribution in [0, 0.1) is 5.92 Å². The standard InChI is InChI=1S/C15H20BrNO4/c1-4-9(2)13(15(18)19-3)17-7-10-5-11(16)14-12(6-10)20-8-21-14/h5-6,9,13,17H,4,7-8H2,1-3H3. The fourth-order valence-corrected chi connectivity index (χ4v) is 2.83. The lowest BCUT2D eigenvalue weighted by molar-refractivity contribution is -0.144. The molecule has 0 spiro atoms. The van der Waals surface area contributed by atoms with E-state index in [1.807, 2.05) is 19.1 Å². The minimum atomic E-state index is -0.316. The van der Waals surface area contributed by atoms with Crippen molar-refractivity contribution >= 4 is 21.9 Å². The SMILES string of the molecule is CCC(C)C(NCc1cc(Br)c2c(c1)OCO2)C(=O)OC. The number of carbonyl (C=O) groups is 1. The van der Waals surface area contributed by atoms with E-state index in [-0.39, 0.29) is 24.7 Å². The predicted molar refractivity (Wildman–Crippen MR) is 82.4 cm³/mol. The Morgan fingerprint density at radius 1 is 1.48 bits per heavy atom. The first-order chi connectivity index (χ1) is 10.1. The molecule has 5 nitrogen and oxygen atoms in total. The first-order valence-electron chi connectivity index (χ1n) is 6.96. The van der Waals surface area contributed by atoms with Crippen molar-refractivity contribution in [3.63, 3.8) is 0 Å². The Morgan fingerprint density at radius 3 is 2.90 bits per heavy atom. The summed E-state index contributed by atoms with van der Waals surface area (Å²) in [5.41, 5.74) is 1.02. The summed E-state index contributed by atoms with van der Waals surface area (Å²) in [6.07, 6.45) is 0.900. The number of methoxy groups -OCH3 is 1. The maximum Gasteiger partial charge on any atom is 0.323 e. The van der Waals surface area contributed by atoms with E-state index >= 15 is 0 Å². The third kappa shape index (κ3) is 3.68. The van der Waals surface area contributed by atoms with Gasteiger partial charge in [0, 0.05) is 6.54 Å². The van der Waals surface area contributed by atoms with Crippen LogP contribution < -0.4 is 14.8 Å². The summed E-state index contributed by atoms with van der Waals surface area (Å²) in [6, 6.07) is 3.57. The maximum atomic E-state index is 11.8. The molecule has 0 aromatic heterocycles. The Hall–Kier alpha value is -1.27. The molecule has 0 saturated heterocycles. The van der Waals surface area contributed by atoms with Crippen LogP contribution in [-0.2, 0) is 16.1 Å². The highest BCUT2D eigenvalue weighted by atomic mass is 79.9. The van der Waals surface area contributed by atoms with Gasteiger partial charge in [0.25, 0.3) is 0 Å². The Morgan fingerprint density at radius 2 is 2.24 bits per heavy atom. The fourth-order valence-electron chi connectivity index (χ4n) is 2.23. The molecule has 21 heavy (non-hydrogen) atoms. The summed E-state index contributed by atoms with van der Waals surface area (Å²) in [4.78, 5) is 11.8. The third-order valence-electron chi connectivity index (χ3n) is 3.68. The lowest BCUT2D eigenvalue weighted by atomic mass is 9.99. The zero-order valence-electron chi connectivity index (χ0n) is 12.4. The second-order valence-corrected chi connectivity index (χ2v) is 5.93. The molecule has 1 aliphatic heterocycles. The van der Waals surface area contributed by atoms with E-state index in [0.717, 1.165) is 28.0 Å². The molecule has 0 bridgehead atoms. The van der Waals surface area contributed by atoms with Crippen molar-refractivity contribution in [2.45, 2.75) is 32.9 Å². The zero-order chi connectivity index (χ0) is 15.4. The first kappa shape index (κ1) is 16.1. The zero-order valence-corrected chi connectivity index (χ0v) is 14.0. The normalized spacial score (nSPS) is 15.6. The molecule has 2 unspecified atom stereocenters. The van der Waals surface area contributed by atoms with E-state index in [2.05, 4.69) is 28.2 Å². The molecule has 6 heteroatoms. The van der Waals surface area contributed by atoms with Gasteiger partial charge in [0.15, 0.2) is 11.5 Å². The van der Waals surface area contributed by atoms with Gasteiger partial charge in [0.05, 0.1) is 11.6 Å². The van der Waals surface area contributed by atoms with Gasteiger partial charge in [-0.1, -0.05) is 20.3 Å². The lowest BCUT2D eigenvalue weighted by Crippen LogP contribution is -2.42. The highest BCUT2D eigenvalue weighted by molar-refractivity contribution is 9.10. The Balaban J connectivity index is 2.07. The number of rotatable bonds is 6. The van der Waals surface area contributed by atoms with E-state index in [9.17, 15) is 4.79 Å². The van der Waals surface area contributed by atoms with Gasteiger partial charge in [-0.25, -0.2) is 0 Å². The number of benzene rings is 1. The first-order valence-corrected chi connectivity index (χ1v) is 7.75. The molecular formula is C15H20BrNO4. The molecule has 1 N–H and O–H groups in total. The largest absolute Gasteiger partial charge is 0.468 e. The number of halogens is 1. The summed E-state index contributed by atoms with van der Waals surface area (Å²) >= 11 is 3.47. The van der Waals surface area contributed by atoms with Crippen molar-refractivity contribution in [1.82, 2.24) is 5.32 Å². The quantitative estimate of drug-likeness (QED) is 0.793. The number of esters is 1. The number of carbonyl (C=O) groups excluding carboxylic acids is 1.